The van der Waals surface area contributed by atoms with Crippen molar-refractivity contribution < 1.29 is 14.3 Å². The van der Waals surface area contributed by atoms with Crippen molar-refractivity contribution in [3.05, 3.63) is 82.6 Å². The Bertz CT molecular complexity index is 1270. The van der Waals surface area contributed by atoms with Gasteiger partial charge in [-0.15, -0.1) is 22.7 Å². The molecule has 166 valence electrons. The van der Waals surface area contributed by atoms with Crippen LogP contribution in [0.5, 0.6) is 0 Å². The Morgan fingerprint density at radius 1 is 1.09 bits per heavy atom. The first kappa shape index (κ1) is 21.4. The average molecular weight is 476 g/mol. The highest BCUT2D eigenvalue weighted by Gasteiger charge is 2.23. The van der Waals surface area contributed by atoms with E-state index in [-0.39, 0.29) is 18.4 Å². The summed E-state index contributed by atoms with van der Waals surface area (Å²) in [6.07, 6.45) is -0.0766. The maximum absolute atomic E-state index is 12.8. The molecule has 0 spiro atoms. The minimum absolute atomic E-state index is 0.0675. The molecule has 0 atom stereocenters. The zero-order chi connectivity index (χ0) is 22.6. The van der Waals surface area contributed by atoms with Gasteiger partial charge >= 0.3 is 6.09 Å². The van der Waals surface area contributed by atoms with Gasteiger partial charge in [0.15, 0.2) is 0 Å². The van der Waals surface area contributed by atoms with Crippen LogP contribution in [0.2, 0.25) is 0 Å². The molecule has 2 amide bonds. The van der Waals surface area contributed by atoms with Crippen molar-refractivity contribution >= 4 is 40.4 Å². The maximum Gasteiger partial charge on any atom is 0.414 e. The number of cyclic esters (lactones) is 1. The van der Waals surface area contributed by atoms with Crippen LogP contribution in [-0.2, 0) is 22.5 Å². The number of amides is 2. The van der Waals surface area contributed by atoms with E-state index in [1.807, 2.05) is 72.1 Å². The van der Waals surface area contributed by atoms with Crippen LogP contribution in [0.1, 0.15) is 10.4 Å². The molecule has 1 saturated heterocycles. The lowest BCUT2D eigenvalue weighted by Gasteiger charge is -2.14. The molecule has 0 bridgehead atoms. The molecule has 33 heavy (non-hydrogen) atoms. The summed E-state index contributed by atoms with van der Waals surface area (Å²) in [7, 11) is 0. The molecule has 1 aliphatic rings. The second-order valence-electron chi connectivity index (χ2n) is 7.52. The third-order valence-corrected chi connectivity index (χ3v) is 7.25. The molecule has 0 saturated carbocycles. The molecule has 1 N–H and O–H groups in total. The fourth-order valence-corrected chi connectivity index (χ4v) is 5.54. The molecule has 0 radical (unpaired) electrons. The van der Waals surface area contributed by atoms with Crippen LogP contribution in [-0.4, -0.2) is 30.1 Å². The summed E-state index contributed by atoms with van der Waals surface area (Å²) in [5.74, 6) is -0.0675. The highest BCUT2D eigenvalue weighted by atomic mass is 32.1. The van der Waals surface area contributed by atoms with E-state index < -0.39 is 0 Å². The molecule has 0 unspecified atom stereocenters. The Labute approximate surface area is 199 Å². The average Bonchev–Trinajstić information content (AvgIpc) is 3.60. The summed E-state index contributed by atoms with van der Waals surface area (Å²) in [6.45, 7) is 1.32. The highest BCUT2D eigenvalue weighted by molar-refractivity contribution is 7.17. The van der Waals surface area contributed by atoms with E-state index in [9.17, 15) is 9.59 Å². The Kier molecular flexibility index (Phi) is 6.19. The number of thiophene rings is 1. The van der Waals surface area contributed by atoms with Gasteiger partial charge < -0.3 is 10.1 Å². The smallest absolute Gasteiger partial charge is 0.414 e. The number of anilines is 1. The monoisotopic (exact) mass is 475 g/mol. The molecule has 5 rings (SSSR count). The molecule has 2 aromatic heterocycles. The zero-order valence-electron chi connectivity index (χ0n) is 17.7. The lowest BCUT2D eigenvalue weighted by atomic mass is 10.2. The van der Waals surface area contributed by atoms with Gasteiger partial charge in [0.25, 0.3) is 0 Å². The summed E-state index contributed by atoms with van der Waals surface area (Å²) in [4.78, 5) is 33.1. The lowest BCUT2D eigenvalue weighted by Crippen LogP contribution is -2.25. The topological polar surface area (TPSA) is 71.5 Å². The van der Waals surface area contributed by atoms with Crippen LogP contribution in [0.4, 0.5) is 10.5 Å². The van der Waals surface area contributed by atoms with Gasteiger partial charge in [0.2, 0.25) is 5.91 Å². The van der Waals surface area contributed by atoms with Crippen LogP contribution in [0.25, 0.3) is 21.1 Å². The highest BCUT2D eigenvalue weighted by Crippen LogP contribution is 2.36. The number of aromatic nitrogens is 1. The van der Waals surface area contributed by atoms with Gasteiger partial charge in [0, 0.05) is 22.7 Å². The van der Waals surface area contributed by atoms with E-state index in [0.29, 0.717) is 19.7 Å². The van der Waals surface area contributed by atoms with Crippen molar-refractivity contribution in [1.82, 2.24) is 10.3 Å². The minimum Gasteiger partial charge on any atom is -0.447 e. The van der Waals surface area contributed by atoms with E-state index in [1.54, 1.807) is 27.6 Å². The van der Waals surface area contributed by atoms with Crippen molar-refractivity contribution in [3.8, 4) is 21.1 Å². The summed E-state index contributed by atoms with van der Waals surface area (Å²) >= 11 is 3.18. The summed E-state index contributed by atoms with van der Waals surface area (Å²) in [5.41, 5.74) is 3.62. The number of carbonyl (C=O) groups excluding carboxylic acids is 2. The second kappa shape index (κ2) is 9.56. The number of nitrogens with one attached hydrogen (secondary N) is 1. The van der Waals surface area contributed by atoms with Crippen LogP contribution < -0.4 is 10.2 Å². The fraction of sp³-hybridized carbons (Fsp3) is 0.160. The number of carbonyl (C=O) groups is 2. The largest absolute Gasteiger partial charge is 0.447 e. The SMILES string of the molecule is O=C(Cc1sc(-c2ccccc2)nc1-c1cccs1)NCc1cccc(N2CCOC2=O)c1. The number of hydrogen-bond donors (Lipinski definition) is 1. The molecule has 1 aliphatic heterocycles. The van der Waals surface area contributed by atoms with E-state index in [2.05, 4.69) is 5.32 Å². The van der Waals surface area contributed by atoms with Crippen LogP contribution in [0.15, 0.2) is 72.1 Å². The van der Waals surface area contributed by atoms with Gasteiger partial charge in [-0.25, -0.2) is 9.78 Å². The Morgan fingerprint density at radius 3 is 2.73 bits per heavy atom. The summed E-state index contributed by atoms with van der Waals surface area (Å²) in [5, 5.41) is 5.93. The molecular weight excluding hydrogens is 454 g/mol. The molecule has 0 aliphatic carbocycles. The molecule has 4 aromatic rings. The van der Waals surface area contributed by atoms with Crippen LogP contribution >= 0.6 is 22.7 Å². The van der Waals surface area contributed by atoms with Crippen molar-refractivity contribution in [1.29, 1.82) is 0 Å². The van der Waals surface area contributed by atoms with E-state index >= 15 is 0 Å². The van der Waals surface area contributed by atoms with Crippen molar-refractivity contribution in [2.24, 2.45) is 0 Å². The Morgan fingerprint density at radius 2 is 1.97 bits per heavy atom. The maximum atomic E-state index is 12.8. The summed E-state index contributed by atoms with van der Waals surface area (Å²) in [6, 6.07) is 21.6. The number of hydrogen-bond acceptors (Lipinski definition) is 6. The number of ether oxygens (including phenoxy) is 1. The standard InChI is InChI=1S/C25H21N3O3S2/c29-22(26-16-17-6-4-9-19(14-17)28-11-12-31-25(28)30)15-21-23(20-10-5-13-32-20)27-24(33-21)18-7-2-1-3-8-18/h1-10,13-14H,11-12,15-16H2,(H,26,29). The van der Waals surface area contributed by atoms with Crippen molar-refractivity contribution in [3.63, 3.8) is 0 Å². The molecule has 8 heteroatoms. The van der Waals surface area contributed by atoms with Gasteiger partial charge in [-0.05, 0) is 29.1 Å². The van der Waals surface area contributed by atoms with Gasteiger partial charge in [-0.1, -0.05) is 48.5 Å². The quantitative estimate of drug-likeness (QED) is 0.391. The van der Waals surface area contributed by atoms with Crippen LogP contribution in [0.3, 0.4) is 0 Å². The third kappa shape index (κ3) is 4.81. The fourth-order valence-electron chi connectivity index (χ4n) is 3.65. The predicted molar refractivity (Wildman–Crippen MR) is 132 cm³/mol. The number of rotatable bonds is 7. The number of benzene rings is 2. The van der Waals surface area contributed by atoms with Crippen LogP contribution in [0, 0.1) is 0 Å². The zero-order valence-corrected chi connectivity index (χ0v) is 19.3. The number of nitrogens with zero attached hydrogens (tertiary/aromatic N) is 2. The van der Waals surface area contributed by atoms with Crippen molar-refractivity contribution in [2.45, 2.75) is 13.0 Å². The van der Waals surface area contributed by atoms with E-state index in [4.69, 9.17) is 9.72 Å². The second-order valence-corrected chi connectivity index (χ2v) is 9.55. The van der Waals surface area contributed by atoms with Gasteiger partial charge in [0.05, 0.1) is 23.5 Å². The van der Waals surface area contributed by atoms with Gasteiger partial charge in [-0.2, -0.15) is 0 Å². The minimum atomic E-state index is -0.336. The van der Waals surface area contributed by atoms with E-state index in [0.717, 1.165) is 37.3 Å². The molecule has 1 fully saturated rings. The molecule has 6 nitrogen and oxygen atoms in total. The van der Waals surface area contributed by atoms with Gasteiger partial charge in [0.1, 0.15) is 11.6 Å². The number of thiazole rings is 1. The lowest BCUT2D eigenvalue weighted by molar-refractivity contribution is -0.120. The first-order valence-electron chi connectivity index (χ1n) is 10.6. The molecule has 2 aromatic carbocycles. The van der Waals surface area contributed by atoms with Gasteiger partial charge in [-0.3, -0.25) is 9.69 Å². The third-order valence-electron chi connectivity index (χ3n) is 5.27. The summed E-state index contributed by atoms with van der Waals surface area (Å²) < 4.78 is 5.01. The predicted octanol–water partition coefficient (Wildman–Crippen LogP) is 5.35. The van der Waals surface area contributed by atoms with Crippen molar-refractivity contribution in [2.75, 3.05) is 18.1 Å². The molecule has 3 heterocycles. The normalized spacial score (nSPS) is 13.2. The molecular formula is C25H21N3O3S2. The Balaban J connectivity index is 1.30. The van der Waals surface area contributed by atoms with E-state index in [1.165, 1.54) is 0 Å². The Hall–Kier alpha value is -3.49. The first-order valence-corrected chi connectivity index (χ1v) is 12.3. The first-order chi connectivity index (χ1) is 16.2.